The summed E-state index contributed by atoms with van der Waals surface area (Å²) in [4.78, 5) is 39.5. The summed E-state index contributed by atoms with van der Waals surface area (Å²) in [5, 5.41) is 12.1. The Hall–Kier alpha value is -4.14. The first-order valence-corrected chi connectivity index (χ1v) is 14.2. The molecule has 0 radical (unpaired) electrons. The zero-order valence-corrected chi connectivity index (χ0v) is 23.5. The molecular weight excluding hydrogens is 526 g/mol. The second-order valence-electron chi connectivity index (χ2n) is 8.91. The van der Waals surface area contributed by atoms with Crippen LogP contribution in [0.15, 0.2) is 100 Å². The lowest BCUT2D eigenvalue weighted by atomic mass is 10.1. The van der Waals surface area contributed by atoms with Gasteiger partial charge in [-0.25, -0.2) is 0 Å². The van der Waals surface area contributed by atoms with Crippen molar-refractivity contribution in [1.29, 1.82) is 0 Å². The van der Waals surface area contributed by atoms with Crippen LogP contribution in [-0.4, -0.2) is 23.0 Å². The lowest BCUT2D eigenvalue weighted by Crippen LogP contribution is -2.30. The van der Waals surface area contributed by atoms with Gasteiger partial charge in [-0.1, -0.05) is 30.3 Å². The Bertz CT molecular complexity index is 1480. The highest BCUT2D eigenvalue weighted by atomic mass is 32.2. The van der Waals surface area contributed by atoms with Gasteiger partial charge in [0.05, 0.1) is 5.25 Å². The fourth-order valence-electron chi connectivity index (χ4n) is 3.66. The highest BCUT2D eigenvalue weighted by molar-refractivity contribution is 8.00. The zero-order chi connectivity index (χ0) is 27.8. The lowest BCUT2D eigenvalue weighted by Gasteiger charge is -2.15. The third-order valence-electron chi connectivity index (χ3n) is 6.04. The molecule has 4 aromatic rings. The van der Waals surface area contributed by atoms with Crippen LogP contribution in [0.1, 0.15) is 34.0 Å². The van der Waals surface area contributed by atoms with Crippen molar-refractivity contribution in [2.45, 2.75) is 30.9 Å². The number of thiophene rings is 1. The molecule has 1 atom stereocenters. The van der Waals surface area contributed by atoms with E-state index >= 15 is 0 Å². The van der Waals surface area contributed by atoms with Crippen LogP contribution in [0.4, 0.5) is 11.4 Å². The second kappa shape index (κ2) is 13.1. The van der Waals surface area contributed by atoms with Crippen molar-refractivity contribution in [3.63, 3.8) is 0 Å². The molecule has 1 aromatic heterocycles. The van der Waals surface area contributed by atoms with Crippen molar-refractivity contribution in [2.75, 3.05) is 10.6 Å². The summed E-state index contributed by atoms with van der Waals surface area (Å²) in [6, 6.07) is 23.7. The Morgan fingerprint density at radius 3 is 2.31 bits per heavy atom. The molecule has 0 bridgehead atoms. The Labute approximate surface area is 236 Å². The number of rotatable bonds is 9. The van der Waals surface area contributed by atoms with Crippen LogP contribution in [-0.2, 0) is 9.59 Å². The smallest absolute Gasteiger partial charge is 0.272 e. The molecule has 0 saturated carbocycles. The van der Waals surface area contributed by atoms with Crippen LogP contribution in [0.3, 0.4) is 0 Å². The van der Waals surface area contributed by atoms with Crippen molar-refractivity contribution < 1.29 is 14.4 Å². The quantitative estimate of drug-likeness (QED) is 0.155. The van der Waals surface area contributed by atoms with Crippen LogP contribution in [0.2, 0.25) is 0 Å². The van der Waals surface area contributed by atoms with Gasteiger partial charge in [-0.05, 0) is 103 Å². The Kier molecular flexibility index (Phi) is 9.35. The molecule has 0 fully saturated rings. The normalized spacial score (nSPS) is 11.9. The van der Waals surface area contributed by atoms with Gasteiger partial charge in [0.15, 0.2) is 0 Å². The minimum atomic E-state index is -0.438. The van der Waals surface area contributed by atoms with E-state index in [1.165, 1.54) is 23.1 Å². The molecule has 39 heavy (non-hydrogen) atoms. The topological polar surface area (TPSA) is 87.3 Å². The second-order valence-corrected chi connectivity index (χ2v) is 11.1. The number of carbonyl (C=O) groups excluding carboxylic acids is 3. The van der Waals surface area contributed by atoms with E-state index in [0.29, 0.717) is 11.3 Å². The van der Waals surface area contributed by atoms with E-state index in [2.05, 4.69) is 16.0 Å². The number of thioether (sulfide) groups is 1. The number of benzene rings is 3. The van der Waals surface area contributed by atoms with Crippen molar-refractivity contribution in [1.82, 2.24) is 5.32 Å². The van der Waals surface area contributed by atoms with E-state index < -0.39 is 5.91 Å². The van der Waals surface area contributed by atoms with Crippen molar-refractivity contribution in [3.8, 4) is 0 Å². The number of anilines is 2. The SMILES string of the molecule is Cc1cccc(NC(=O)C(C)Sc2ccc(NC(=O)/C(=C/c3ccsc3)NC(=O)c3ccccc3)cc2)c1C. The summed E-state index contributed by atoms with van der Waals surface area (Å²) in [6.07, 6.45) is 1.65. The molecule has 8 heteroatoms. The van der Waals surface area contributed by atoms with Crippen LogP contribution in [0, 0.1) is 13.8 Å². The molecule has 0 aliphatic heterocycles. The Morgan fingerprint density at radius 2 is 1.62 bits per heavy atom. The summed E-state index contributed by atoms with van der Waals surface area (Å²) in [5.74, 6) is -0.886. The molecule has 1 heterocycles. The fourth-order valence-corrected chi connectivity index (χ4v) is 5.15. The highest BCUT2D eigenvalue weighted by Gasteiger charge is 2.17. The average Bonchev–Trinajstić information content (AvgIpc) is 3.45. The molecule has 4 rings (SSSR count). The largest absolute Gasteiger partial charge is 0.325 e. The molecule has 0 aliphatic carbocycles. The Balaban J connectivity index is 1.40. The van der Waals surface area contributed by atoms with Crippen LogP contribution < -0.4 is 16.0 Å². The summed E-state index contributed by atoms with van der Waals surface area (Å²) in [7, 11) is 0. The van der Waals surface area contributed by atoms with E-state index in [-0.39, 0.29) is 22.8 Å². The standard InChI is InChI=1S/C31H29N3O3S2/c1-20-8-7-11-27(21(20)2)33-29(35)22(3)39-26-14-12-25(13-15-26)32-31(37)28(18-23-16-17-38-19-23)34-30(36)24-9-5-4-6-10-24/h4-19,22H,1-3H3,(H,32,37)(H,33,35)(H,34,36)/b28-18-. The predicted octanol–water partition coefficient (Wildman–Crippen LogP) is 6.89. The number of hydrogen-bond donors (Lipinski definition) is 3. The molecule has 3 N–H and O–H groups in total. The first kappa shape index (κ1) is 27.9. The van der Waals surface area contributed by atoms with Gasteiger partial charge in [-0.3, -0.25) is 14.4 Å². The van der Waals surface area contributed by atoms with Crippen molar-refractivity contribution >= 4 is 58.3 Å². The first-order chi connectivity index (χ1) is 18.8. The van der Waals surface area contributed by atoms with Gasteiger partial charge < -0.3 is 16.0 Å². The Morgan fingerprint density at radius 1 is 0.872 bits per heavy atom. The van der Waals surface area contributed by atoms with E-state index in [4.69, 9.17) is 0 Å². The highest BCUT2D eigenvalue weighted by Crippen LogP contribution is 2.27. The van der Waals surface area contributed by atoms with Crippen LogP contribution >= 0.6 is 23.1 Å². The van der Waals surface area contributed by atoms with E-state index in [1.807, 2.05) is 74.0 Å². The molecule has 0 aliphatic rings. The van der Waals surface area contributed by atoms with Crippen molar-refractivity contribution in [3.05, 3.63) is 118 Å². The molecule has 3 amide bonds. The maximum Gasteiger partial charge on any atom is 0.272 e. The van der Waals surface area contributed by atoms with E-state index in [9.17, 15) is 14.4 Å². The fraction of sp³-hybridized carbons (Fsp3) is 0.129. The van der Waals surface area contributed by atoms with Gasteiger partial charge in [-0.15, -0.1) is 11.8 Å². The minimum absolute atomic E-state index is 0.0801. The van der Waals surface area contributed by atoms with Gasteiger partial charge in [0, 0.05) is 21.8 Å². The van der Waals surface area contributed by atoms with Crippen molar-refractivity contribution in [2.24, 2.45) is 0 Å². The van der Waals surface area contributed by atoms with Gasteiger partial charge in [0.1, 0.15) is 5.70 Å². The number of amides is 3. The maximum atomic E-state index is 13.1. The number of carbonyl (C=O) groups is 3. The third-order valence-corrected chi connectivity index (χ3v) is 7.85. The lowest BCUT2D eigenvalue weighted by molar-refractivity contribution is -0.115. The van der Waals surface area contributed by atoms with Crippen LogP contribution in [0.5, 0.6) is 0 Å². The van der Waals surface area contributed by atoms with Gasteiger partial charge in [0.2, 0.25) is 5.91 Å². The van der Waals surface area contributed by atoms with Gasteiger partial charge in [0.25, 0.3) is 11.8 Å². The predicted molar refractivity (Wildman–Crippen MR) is 161 cm³/mol. The van der Waals surface area contributed by atoms with E-state index in [1.54, 1.807) is 42.5 Å². The summed E-state index contributed by atoms with van der Waals surface area (Å²) in [6.45, 7) is 5.86. The summed E-state index contributed by atoms with van der Waals surface area (Å²) < 4.78 is 0. The minimum Gasteiger partial charge on any atom is -0.325 e. The van der Waals surface area contributed by atoms with E-state index in [0.717, 1.165) is 27.3 Å². The maximum absolute atomic E-state index is 13.1. The molecule has 198 valence electrons. The molecule has 3 aromatic carbocycles. The number of nitrogens with one attached hydrogen (secondary N) is 3. The molecule has 0 spiro atoms. The summed E-state index contributed by atoms with van der Waals surface area (Å²) in [5.41, 5.74) is 4.97. The molecule has 0 saturated heterocycles. The molecule has 6 nitrogen and oxygen atoms in total. The first-order valence-electron chi connectivity index (χ1n) is 12.4. The number of aryl methyl sites for hydroxylation is 1. The molecular formula is C31H29N3O3S2. The molecule has 1 unspecified atom stereocenters. The third kappa shape index (κ3) is 7.69. The van der Waals surface area contributed by atoms with Crippen LogP contribution in [0.25, 0.3) is 6.08 Å². The zero-order valence-electron chi connectivity index (χ0n) is 21.9. The van der Waals surface area contributed by atoms with Gasteiger partial charge >= 0.3 is 0 Å². The van der Waals surface area contributed by atoms with Gasteiger partial charge in [-0.2, -0.15) is 11.3 Å². The monoisotopic (exact) mass is 555 g/mol. The average molecular weight is 556 g/mol. The summed E-state index contributed by atoms with van der Waals surface area (Å²) >= 11 is 2.93. The number of hydrogen-bond acceptors (Lipinski definition) is 5.